The summed E-state index contributed by atoms with van der Waals surface area (Å²) in [4.78, 5) is 9.47. The van der Waals surface area contributed by atoms with Gasteiger partial charge in [-0.05, 0) is 34.2 Å². The highest BCUT2D eigenvalue weighted by Gasteiger charge is 2.06. The topological polar surface area (TPSA) is 72.5 Å². The number of ether oxygens (including phenoxy) is 1. The van der Waals surface area contributed by atoms with Crippen molar-refractivity contribution in [1.82, 2.24) is 0 Å². The number of halogens is 1. The van der Waals surface area contributed by atoms with Gasteiger partial charge in [-0.2, -0.15) is 0 Å². The van der Waals surface area contributed by atoms with E-state index in [4.69, 9.17) is 20.4 Å². The van der Waals surface area contributed by atoms with Crippen molar-refractivity contribution in [3.8, 4) is 5.75 Å². The molecular formula is C11H16BrNO3S. The number of anilines is 1. The van der Waals surface area contributed by atoms with Crippen LogP contribution in [0.4, 0.5) is 5.69 Å². The largest absolute Gasteiger partial charge is 0.495 e. The first-order valence-corrected chi connectivity index (χ1v) is 6.72. The molecule has 1 aromatic carbocycles. The second-order valence-corrected chi connectivity index (χ2v) is 4.97. The molecule has 1 rings (SSSR count). The summed E-state index contributed by atoms with van der Waals surface area (Å²) >= 11 is 5.21. The summed E-state index contributed by atoms with van der Waals surface area (Å²) in [5.74, 6) is 1.87. The molecule has 96 valence electrons. The molecule has 0 bridgehead atoms. The van der Waals surface area contributed by atoms with Gasteiger partial charge in [-0.25, -0.2) is 0 Å². The number of nitrogens with two attached hydrogens (primary N) is 1. The third-order valence-corrected chi connectivity index (χ3v) is 3.64. The Kier molecular flexibility index (Phi) is 8.71. The van der Waals surface area contributed by atoms with Crippen LogP contribution in [-0.4, -0.2) is 24.4 Å². The van der Waals surface area contributed by atoms with Crippen molar-refractivity contribution >= 4 is 39.9 Å². The zero-order valence-electron chi connectivity index (χ0n) is 9.77. The van der Waals surface area contributed by atoms with Crippen molar-refractivity contribution < 1.29 is 14.6 Å². The monoisotopic (exact) mass is 321 g/mol. The zero-order chi connectivity index (χ0) is 13.3. The normalized spacial score (nSPS) is 9.12. The van der Waals surface area contributed by atoms with Crippen LogP contribution in [0, 0.1) is 0 Å². The number of nitrogen functional groups attached to an aromatic ring is 1. The lowest BCUT2D eigenvalue weighted by molar-refractivity contribution is -0.122. The summed E-state index contributed by atoms with van der Waals surface area (Å²) in [7, 11) is 1.64. The van der Waals surface area contributed by atoms with Crippen LogP contribution in [0.1, 0.15) is 13.3 Å². The van der Waals surface area contributed by atoms with E-state index in [0.717, 1.165) is 33.0 Å². The smallest absolute Gasteiger partial charge is 0.290 e. The Morgan fingerprint density at radius 1 is 1.59 bits per heavy atom. The van der Waals surface area contributed by atoms with E-state index >= 15 is 0 Å². The zero-order valence-corrected chi connectivity index (χ0v) is 12.2. The van der Waals surface area contributed by atoms with Gasteiger partial charge in [-0.1, -0.05) is 6.92 Å². The predicted molar refractivity (Wildman–Crippen MR) is 74.8 cm³/mol. The van der Waals surface area contributed by atoms with Crippen LogP contribution >= 0.6 is 27.7 Å². The van der Waals surface area contributed by atoms with Crippen molar-refractivity contribution in [3.05, 3.63) is 16.6 Å². The number of rotatable bonds is 4. The number of hydrogen-bond donors (Lipinski definition) is 2. The van der Waals surface area contributed by atoms with E-state index < -0.39 is 0 Å². The third-order valence-electron chi connectivity index (χ3n) is 1.75. The summed E-state index contributed by atoms with van der Waals surface area (Å²) in [6.07, 6.45) is 1.15. The van der Waals surface area contributed by atoms with Crippen molar-refractivity contribution in [2.75, 3.05) is 18.6 Å². The number of benzene rings is 1. The van der Waals surface area contributed by atoms with Crippen LogP contribution in [0.25, 0.3) is 0 Å². The van der Waals surface area contributed by atoms with Gasteiger partial charge < -0.3 is 15.6 Å². The number of carbonyl (C=O) groups is 1. The summed E-state index contributed by atoms with van der Waals surface area (Å²) in [5, 5.41) is 6.89. The molecule has 0 spiro atoms. The third kappa shape index (κ3) is 5.83. The van der Waals surface area contributed by atoms with Gasteiger partial charge in [0.25, 0.3) is 6.47 Å². The molecule has 4 nitrogen and oxygen atoms in total. The SMILES string of the molecule is CCCSc1cc(Br)c(OC)cc1N.O=CO. The van der Waals surface area contributed by atoms with Crippen LogP contribution in [-0.2, 0) is 4.79 Å². The summed E-state index contributed by atoms with van der Waals surface area (Å²) in [5.41, 5.74) is 6.67. The molecule has 0 aliphatic carbocycles. The highest BCUT2D eigenvalue weighted by Crippen LogP contribution is 2.35. The first-order chi connectivity index (χ1) is 8.10. The molecule has 0 aliphatic rings. The minimum atomic E-state index is -0.250. The van der Waals surface area contributed by atoms with Crippen LogP contribution < -0.4 is 10.5 Å². The van der Waals surface area contributed by atoms with Crippen molar-refractivity contribution in [1.29, 1.82) is 0 Å². The molecule has 0 radical (unpaired) electrons. The number of carboxylic acid groups (broad SMARTS) is 1. The Bertz CT molecular complexity index is 361. The average Bonchev–Trinajstić information content (AvgIpc) is 2.30. The van der Waals surface area contributed by atoms with E-state index in [2.05, 4.69) is 22.9 Å². The highest BCUT2D eigenvalue weighted by atomic mass is 79.9. The standard InChI is InChI=1S/C10H14BrNOS.CH2O2/c1-3-4-14-10-5-7(11)9(13-2)6-8(10)12;2-1-3/h5-6H,3-4,12H2,1-2H3;1H,(H,2,3). The Hall–Kier alpha value is -0.880. The molecule has 3 N–H and O–H groups in total. The van der Waals surface area contributed by atoms with Gasteiger partial charge in [-0.3, -0.25) is 4.79 Å². The average molecular weight is 322 g/mol. The van der Waals surface area contributed by atoms with Gasteiger partial charge >= 0.3 is 0 Å². The maximum atomic E-state index is 8.36. The van der Waals surface area contributed by atoms with Crippen molar-refractivity contribution in [2.24, 2.45) is 0 Å². The first-order valence-electron chi connectivity index (χ1n) is 4.94. The van der Waals surface area contributed by atoms with Crippen LogP contribution in [0.15, 0.2) is 21.5 Å². The van der Waals surface area contributed by atoms with Gasteiger partial charge in [0.15, 0.2) is 0 Å². The maximum Gasteiger partial charge on any atom is 0.290 e. The lowest BCUT2D eigenvalue weighted by Crippen LogP contribution is -1.92. The highest BCUT2D eigenvalue weighted by molar-refractivity contribution is 9.10. The molecule has 0 unspecified atom stereocenters. The molecule has 0 fully saturated rings. The van der Waals surface area contributed by atoms with Gasteiger partial charge in [0.05, 0.1) is 11.6 Å². The van der Waals surface area contributed by atoms with Gasteiger partial charge in [0.2, 0.25) is 0 Å². The number of thioether (sulfide) groups is 1. The summed E-state index contributed by atoms with van der Waals surface area (Å²) in [6, 6.07) is 3.86. The van der Waals surface area contributed by atoms with Crippen molar-refractivity contribution in [2.45, 2.75) is 18.2 Å². The fraction of sp³-hybridized carbons (Fsp3) is 0.364. The number of methoxy groups -OCH3 is 1. The fourth-order valence-electron chi connectivity index (χ4n) is 1.04. The first kappa shape index (κ1) is 16.1. The maximum absolute atomic E-state index is 8.36. The Balaban J connectivity index is 0.000000770. The minimum absolute atomic E-state index is 0.250. The molecule has 0 saturated carbocycles. The van der Waals surface area contributed by atoms with E-state index in [1.807, 2.05) is 12.1 Å². The quantitative estimate of drug-likeness (QED) is 0.506. The Labute approximate surface area is 114 Å². The Morgan fingerprint density at radius 3 is 2.65 bits per heavy atom. The van der Waals surface area contributed by atoms with Crippen molar-refractivity contribution in [3.63, 3.8) is 0 Å². The van der Waals surface area contributed by atoms with E-state index in [1.165, 1.54) is 0 Å². The molecule has 0 heterocycles. The van der Waals surface area contributed by atoms with Crippen LogP contribution in [0.5, 0.6) is 5.75 Å². The van der Waals surface area contributed by atoms with Gasteiger partial charge in [-0.15, -0.1) is 11.8 Å². The predicted octanol–water partition coefficient (Wildman–Crippen LogP) is 3.24. The van der Waals surface area contributed by atoms with E-state index in [1.54, 1.807) is 18.9 Å². The number of hydrogen-bond acceptors (Lipinski definition) is 4. The Morgan fingerprint density at radius 2 is 2.18 bits per heavy atom. The molecule has 0 aliphatic heterocycles. The second-order valence-electron chi connectivity index (χ2n) is 2.98. The van der Waals surface area contributed by atoms with Crippen LogP contribution in [0.3, 0.4) is 0 Å². The van der Waals surface area contributed by atoms with E-state index in [-0.39, 0.29) is 6.47 Å². The minimum Gasteiger partial charge on any atom is -0.495 e. The molecular weight excluding hydrogens is 306 g/mol. The lowest BCUT2D eigenvalue weighted by Gasteiger charge is -2.09. The molecule has 0 atom stereocenters. The van der Waals surface area contributed by atoms with Gasteiger partial charge in [0.1, 0.15) is 5.75 Å². The fourth-order valence-corrected chi connectivity index (χ4v) is 2.55. The molecule has 1 aromatic rings. The molecule has 0 amide bonds. The molecule has 17 heavy (non-hydrogen) atoms. The molecule has 6 heteroatoms. The lowest BCUT2D eigenvalue weighted by atomic mass is 10.3. The van der Waals surface area contributed by atoms with E-state index in [9.17, 15) is 0 Å². The molecule has 0 saturated heterocycles. The molecule has 0 aromatic heterocycles. The van der Waals surface area contributed by atoms with E-state index in [0.29, 0.717) is 0 Å². The second kappa shape index (κ2) is 9.18. The van der Waals surface area contributed by atoms with Crippen LogP contribution in [0.2, 0.25) is 0 Å². The summed E-state index contributed by atoms with van der Waals surface area (Å²) < 4.78 is 6.10. The summed E-state index contributed by atoms with van der Waals surface area (Å²) in [6.45, 7) is 1.90. The van der Waals surface area contributed by atoms with Gasteiger partial charge in [0, 0.05) is 16.6 Å².